The number of hydrogen-bond donors (Lipinski definition) is 2. The van der Waals surface area contributed by atoms with Crippen LogP contribution in [0.25, 0.3) is 0 Å². The largest absolute Gasteiger partial charge is 0.383 e. The molecule has 4 heteroatoms. The summed E-state index contributed by atoms with van der Waals surface area (Å²) in [6.45, 7) is 4.83. The molecule has 0 aliphatic carbocycles. The van der Waals surface area contributed by atoms with E-state index in [0.29, 0.717) is 12.5 Å². The second-order valence-electron chi connectivity index (χ2n) is 4.41. The lowest BCUT2D eigenvalue weighted by atomic mass is 9.95. The van der Waals surface area contributed by atoms with Gasteiger partial charge in [0.25, 0.3) is 0 Å². The van der Waals surface area contributed by atoms with Gasteiger partial charge in [-0.1, -0.05) is 29.8 Å². The van der Waals surface area contributed by atoms with Crippen LogP contribution in [-0.4, -0.2) is 12.5 Å². The Hall–Kier alpha value is -1.03. The summed E-state index contributed by atoms with van der Waals surface area (Å²) in [5, 5.41) is 6.27. The fourth-order valence-electron chi connectivity index (χ4n) is 1.85. The molecule has 1 amide bonds. The highest BCUT2D eigenvalue weighted by molar-refractivity contribution is 9.10. The van der Waals surface area contributed by atoms with Gasteiger partial charge in [0.15, 0.2) is 0 Å². The highest BCUT2D eigenvalue weighted by atomic mass is 79.9. The summed E-state index contributed by atoms with van der Waals surface area (Å²) >= 11 is 3.40. The van der Waals surface area contributed by atoms with E-state index in [0.717, 1.165) is 15.8 Å². The number of halogens is 1. The molecule has 2 N–H and O–H groups in total. The van der Waals surface area contributed by atoms with Crippen molar-refractivity contribution >= 4 is 33.2 Å². The van der Waals surface area contributed by atoms with Crippen LogP contribution in [0.1, 0.15) is 13.8 Å². The number of rotatable bonds is 1. The van der Waals surface area contributed by atoms with Gasteiger partial charge in [-0.05, 0) is 24.1 Å². The standard InChI is InChI=1S/C12H15BrN2O/c1-7(2)9-6-14-10-4-3-8(13)5-11(10)15-12(9)16/h3-5,7,9,14H,6H2,1-2H3,(H,15,16). The maximum atomic E-state index is 12.0. The third-order valence-electron chi connectivity index (χ3n) is 2.89. The summed E-state index contributed by atoms with van der Waals surface area (Å²) in [5.74, 6) is 0.454. The zero-order valence-corrected chi connectivity index (χ0v) is 11.0. The predicted octanol–water partition coefficient (Wildman–Crippen LogP) is 3.09. The van der Waals surface area contributed by atoms with Gasteiger partial charge in [-0.2, -0.15) is 0 Å². The topological polar surface area (TPSA) is 41.1 Å². The van der Waals surface area contributed by atoms with Gasteiger partial charge in [-0.25, -0.2) is 0 Å². The van der Waals surface area contributed by atoms with E-state index in [1.165, 1.54) is 0 Å². The molecule has 86 valence electrons. The molecule has 0 radical (unpaired) electrons. The minimum absolute atomic E-state index is 0.0196. The molecular weight excluding hydrogens is 268 g/mol. The van der Waals surface area contributed by atoms with Crippen molar-refractivity contribution in [3.8, 4) is 0 Å². The van der Waals surface area contributed by atoms with Gasteiger partial charge in [0.1, 0.15) is 0 Å². The van der Waals surface area contributed by atoms with Crippen LogP contribution in [0.5, 0.6) is 0 Å². The Morgan fingerprint density at radius 2 is 2.12 bits per heavy atom. The van der Waals surface area contributed by atoms with E-state index in [2.05, 4.69) is 40.4 Å². The molecule has 1 aliphatic heterocycles. The van der Waals surface area contributed by atoms with Gasteiger partial charge < -0.3 is 10.6 Å². The fourth-order valence-corrected chi connectivity index (χ4v) is 2.21. The van der Waals surface area contributed by atoms with Gasteiger partial charge in [-0.3, -0.25) is 4.79 Å². The van der Waals surface area contributed by atoms with Crippen LogP contribution in [0.15, 0.2) is 22.7 Å². The second kappa shape index (κ2) is 4.45. The maximum Gasteiger partial charge on any atom is 0.229 e. The molecule has 0 fully saturated rings. The van der Waals surface area contributed by atoms with E-state index in [1.807, 2.05) is 18.2 Å². The lowest BCUT2D eigenvalue weighted by molar-refractivity contribution is -0.120. The Morgan fingerprint density at radius 1 is 1.38 bits per heavy atom. The third-order valence-corrected chi connectivity index (χ3v) is 3.39. The van der Waals surface area contributed by atoms with Crippen molar-refractivity contribution in [3.05, 3.63) is 22.7 Å². The SMILES string of the molecule is CC(C)C1CNc2ccc(Br)cc2NC1=O. The van der Waals surface area contributed by atoms with Gasteiger partial charge in [0.2, 0.25) is 5.91 Å². The number of nitrogens with one attached hydrogen (secondary N) is 2. The summed E-state index contributed by atoms with van der Waals surface area (Å²) in [6, 6.07) is 5.86. The van der Waals surface area contributed by atoms with Gasteiger partial charge in [-0.15, -0.1) is 0 Å². The van der Waals surface area contributed by atoms with Gasteiger partial charge in [0, 0.05) is 11.0 Å². The van der Waals surface area contributed by atoms with Crippen molar-refractivity contribution in [2.24, 2.45) is 11.8 Å². The smallest absolute Gasteiger partial charge is 0.229 e. The van der Waals surface area contributed by atoms with E-state index in [-0.39, 0.29) is 11.8 Å². The highest BCUT2D eigenvalue weighted by Gasteiger charge is 2.25. The average molecular weight is 283 g/mol. The molecule has 3 nitrogen and oxygen atoms in total. The Morgan fingerprint density at radius 3 is 2.81 bits per heavy atom. The van der Waals surface area contributed by atoms with E-state index < -0.39 is 0 Å². The summed E-state index contributed by atoms with van der Waals surface area (Å²) in [6.07, 6.45) is 0. The molecule has 2 rings (SSSR count). The first-order chi connectivity index (χ1) is 7.58. The lowest BCUT2D eigenvalue weighted by Crippen LogP contribution is -2.29. The van der Waals surface area contributed by atoms with Crippen molar-refractivity contribution < 1.29 is 4.79 Å². The Labute approximate surface area is 104 Å². The molecular formula is C12H15BrN2O. The molecule has 0 saturated heterocycles. The second-order valence-corrected chi connectivity index (χ2v) is 5.33. The molecule has 0 spiro atoms. The molecule has 0 aromatic heterocycles. The number of anilines is 2. The minimum atomic E-state index is 0.0196. The molecule has 1 atom stereocenters. The van der Waals surface area contributed by atoms with E-state index >= 15 is 0 Å². The van der Waals surface area contributed by atoms with Crippen LogP contribution in [0.2, 0.25) is 0 Å². The fraction of sp³-hybridized carbons (Fsp3) is 0.417. The normalized spacial score (nSPS) is 19.8. The number of carbonyl (C=O) groups excluding carboxylic acids is 1. The molecule has 1 aromatic carbocycles. The Balaban J connectivity index is 2.30. The zero-order chi connectivity index (χ0) is 11.7. The first kappa shape index (κ1) is 11.5. The van der Waals surface area contributed by atoms with Crippen LogP contribution in [0.3, 0.4) is 0 Å². The summed E-state index contributed by atoms with van der Waals surface area (Å²) in [7, 11) is 0. The molecule has 1 unspecified atom stereocenters. The van der Waals surface area contributed by atoms with Crippen LogP contribution in [0, 0.1) is 11.8 Å². The van der Waals surface area contributed by atoms with Crippen molar-refractivity contribution in [1.82, 2.24) is 0 Å². The maximum absolute atomic E-state index is 12.0. The Bertz CT molecular complexity index is 417. The van der Waals surface area contributed by atoms with Crippen molar-refractivity contribution in [2.45, 2.75) is 13.8 Å². The molecule has 1 heterocycles. The molecule has 1 aromatic rings. The monoisotopic (exact) mass is 282 g/mol. The molecule has 16 heavy (non-hydrogen) atoms. The molecule has 0 saturated carbocycles. The molecule has 1 aliphatic rings. The van der Waals surface area contributed by atoms with Gasteiger partial charge >= 0.3 is 0 Å². The van der Waals surface area contributed by atoms with E-state index in [1.54, 1.807) is 0 Å². The summed E-state index contributed by atoms with van der Waals surface area (Å²) < 4.78 is 0.969. The van der Waals surface area contributed by atoms with Crippen molar-refractivity contribution in [1.29, 1.82) is 0 Å². The van der Waals surface area contributed by atoms with Crippen LogP contribution >= 0.6 is 15.9 Å². The number of carbonyl (C=O) groups is 1. The first-order valence-electron chi connectivity index (χ1n) is 5.42. The molecule has 0 bridgehead atoms. The van der Waals surface area contributed by atoms with Crippen LogP contribution < -0.4 is 10.6 Å². The third kappa shape index (κ3) is 2.21. The number of amides is 1. The van der Waals surface area contributed by atoms with E-state index in [9.17, 15) is 4.79 Å². The minimum Gasteiger partial charge on any atom is -0.383 e. The van der Waals surface area contributed by atoms with Gasteiger partial charge in [0.05, 0.1) is 17.3 Å². The quantitative estimate of drug-likeness (QED) is 0.831. The summed E-state index contributed by atoms with van der Waals surface area (Å²) in [4.78, 5) is 12.0. The van der Waals surface area contributed by atoms with Crippen LogP contribution in [-0.2, 0) is 4.79 Å². The van der Waals surface area contributed by atoms with Crippen molar-refractivity contribution in [3.63, 3.8) is 0 Å². The summed E-state index contributed by atoms with van der Waals surface area (Å²) in [5.41, 5.74) is 1.84. The number of hydrogen-bond acceptors (Lipinski definition) is 2. The number of benzene rings is 1. The van der Waals surface area contributed by atoms with E-state index in [4.69, 9.17) is 0 Å². The highest BCUT2D eigenvalue weighted by Crippen LogP contribution is 2.30. The van der Waals surface area contributed by atoms with Crippen LogP contribution in [0.4, 0.5) is 11.4 Å². The lowest BCUT2D eigenvalue weighted by Gasteiger charge is -2.16. The Kier molecular flexibility index (Phi) is 3.19. The predicted molar refractivity (Wildman–Crippen MR) is 69.6 cm³/mol. The average Bonchev–Trinajstić information content (AvgIpc) is 2.35. The first-order valence-corrected chi connectivity index (χ1v) is 6.21. The zero-order valence-electron chi connectivity index (χ0n) is 9.38. The van der Waals surface area contributed by atoms with Crippen molar-refractivity contribution in [2.75, 3.05) is 17.2 Å². The number of fused-ring (bicyclic) bond motifs is 1.